The third-order valence-corrected chi connectivity index (χ3v) is 3.64. The van der Waals surface area contributed by atoms with E-state index >= 15 is 0 Å². The molecule has 0 saturated heterocycles. The monoisotopic (exact) mass is 277 g/mol. The Bertz CT molecular complexity index is 599. The molecule has 0 fully saturated rings. The summed E-state index contributed by atoms with van der Waals surface area (Å²) in [4.78, 5) is 0. The Labute approximate surface area is 118 Å². The van der Waals surface area contributed by atoms with Gasteiger partial charge in [-0.25, -0.2) is 4.39 Å². The molecule has 0 saturated carbocycles. The molecule has 100 valence electrons. The molecule has 1 atom stereocenters. The minimum absolute atomic E-state index is 0.107. The first kappa shape index (κ1) is 14.0. The van der Waals surface area contributed by atoms with Gasteiger partial charge in [0.1, 0.15) is 5.82 Å². The van der Waals surface area contributed by atoms with E-state index in [1.165, 1.54) is 11.6 Å². The lowest BCUT2D eigenvalue weighted by atomic mass is 9.90. The molecule has 0 aromatic heterocycles. The molecule has 0 radical (unpaired) electrons. The highest BCUT2D eigenvalue weighted by molar-refractivity contribution is 6.30. The first-order valence-electron chi connectivity index (χ1n) is 6.18. The Balaban J connectivity index is 2.49. The summed E-state index contributed by atoms with van der Waals surface area (Å²) in [5, 5.41) is 0.107. The molecule has 0 bridgehead atoms. The molecule has 0 aliphatic rings. The molecule has 0 aliphatic carbocycles. The van der Waals surface area contributed by atoms with Crippen LogP contribution in [0.15, 0.2) is 30.3 Å². The van der Waals surface area contributed by atoms with Crippen molar-refractivity contribution in [2.24, 2.45) is 5.73 Å². The van der Waals surface area contributed by atoms with Crippen LogP contribution >= 0.6 is 11.6 Å². The normalized spacial score (nSPS) is 12.5. The van der Waals surface area contributed by atoms with Gasteiger partial charge in [0.25, 0.3) is 0 Å². The van der Waals surface area contributed by atoms with Crippen LogP contribution in [0.3, 0.4) is 0 Å². The van der Waals surface area contributed by atoms with Crippen molar-refractivity contribution in [2.45, 2.75) is 26.8 Å². The molecule has 1 nitrogen and oxygen atoms in total. The van der Waals surface area contributed by atoms with E-state index in [0.717, 1.165) is 22.3 Å². The summed E-state index contributed by atoms with van der Waals surface area (Å²) in [6, 6.07) is 8.56. The third kappa shape index (κ3) is 2.80. The molecule has 0 spiro atoms. The molecular formula is C16H17ClFN. The van der Waals surface area contributed by atoms with Crippen LogP contribution in [0.1, 0.15) is 33.9 Å². The highest BCUT2D eigenvalue weighted by Crippen LogP contribution is 2.29. The number of aryl methyl sites for hydroxylation is 3. The van der Waals surface area contributed by atoms with Crippen molar-refractivity contribution in [3.8, 4) is 0 Å². The van der Waals surface area contributed by atoms with Crippen molar-refractivity contribution >= 4 is 11.6 Å². The molecule has 2 N–H and O–H groups in total. The van der Waals surface area contributed by atoms with Crippen LogP contribution in [0.25, 0.3) is 0 Å². The van der Waals surface area contributed by atoms with E-state index in [9.17, 15) is 4.39 Å². The van der Waals surface area contributed by atoms with Gasteiger partial charge in [-0.3, -0.25) is 0 Å². The second kappa shape index (κ2) is 5.32. The smallest absolute Gasteiger partial charge is 0.141 e. The molecular weight excluding hydrogens is 261 g/mol. The van der Waals surface area contributed by atoms with Gasteiger partial charge in [-0.05, 0) is 55.2 Å². The van der Waals surface area contributed by atoms with E-state index in [1.807, 2.05) is 13.8 Å². The van der Waals surface area contributed by atoms with Crippen molar-refractivity contribution in [3.63, 3.8) is 0 Å². The Morgan fingerprint density at radius 3 is 2.16 bits per heavy atom. The van der Waals surface area contributed by atoms with Crippen LogP contribution in [0.4, 0.5) is 4.39 Å². The third-order valence-electron chi connectivity index (χ3n) is 3.35. The highest BCUT2D eigenvalue weighted by atomic mass is 35.5. The first-order chi connectivity index (χ1) is 8.90. The quantitative estimate of drug-likeness (QED) is 0.862. The van der Waals surface area contributed by atoms with Gasteiger partial charge in [-0.1, -0.05) is 35.4 Å². The predicted molar refractivity (Wildman–Crippen MR) is 78.1 cm³/mol. The van der Waals surface area contributed by atoms with E-state index in [4.69, 9.17) is 17.3 Å². The number of benzene rings is 2. The molecule has 0 aliphatic heterocycles. The topological polar surface area (TPSA) is 26.0 Å². The molecule has 2 aromatic rings. The molecule has 19 heavy (non-hydrogen) atoms. The Hall–Kier alpha value is -1.38. The Morgan fingerprint density at radius 2 is 1.63 bits per heavy atom. The predicted octanol–water partition coefficient (Wildman–Crippen LogP) is 4.45. The van der Waals surface area contributed by atoms with Gasteiger partial charge in [0.05, 0.1) is 11.1 Å². The maximum absolute atomic E-state index is 13.2. The van der Waals surface area contributed by atoms with Crippen LogP contribution < -0.4 is 5.73 Å². The lowest BCUT2D eigenvalue weighted by molar-refractivity contribution is 0.626. The summed E-state index contributed by atoms with van der Waals surface area (Å²) in [6.07, 6.45) is 0. The molecule has 2 rings (SSSR count). The van der Waals surface area contributed by atoms with Crippen LogP contribution in [-0.2, 0) is 0 Å². The molecule has 0 heterocycles. The van der Waals surface area contributed by atoms with Crippen molar-refractivity contribution in [3.05, 3.63) is 69.0 Å². The van der Waals surface area contributed by atoms with Gasteiger partial charge in [-0.15, -0.1) is 0 Å². The fraction of sp³-hybridized carbons (Fsp3) is 0.250. The average molecular weight is 278 g/mol. The summed E-state index contributed by atoms with van der Waals surface area (Å²) in [6.45, 7) is 6.14. The van der Waals surface area contributed by atoms with E-state index < -0.39 is 5.82 Å². The van der Waals surface area contributed by atoms with E-state index in [0.29, 0.717) is 0 Å². The molecule has 0 amide bonds. The number of nitrogens with two attached hydrogens (primary N) is 1. The summed E-state index contributed by atoms with van der Waals surface area (Å²) >= 11 is 5.82. The van der Waals surface area contributed by atoms with Crippen molar-refractivity contribution < 1.29 is 4.39 Å². The zero-order chi connectivity index (χ0) is 14.2. The van der Waals surface area contributed by atoms with Crippen molar-refractivity contribution in [1.29, 1.82) is 0 Å². The molecule has 1 unspecified atom stereocenters. The zero-order valence-corrected chi connectivity index (χ0v) is 12.1. The summed E-state index contributed by atoms with van der Waals surface area (Å²) < 4.78 is 13.2. The van der Waals surface area contributed by atoms with Crippen LogP contribution in [0.2, 0.25) is 5.02 Å². The van der Waals surface area contributed by atoms with Crippen LogP contribution in [-0.4, -0.2) is 0 Å². The Kier molecular flexibility index (Phi) is 3.93. The fourth-order valence-corrected chi connectivity index (χ4v) is 2.74. The average Bonchev–Trinajstić information content (AvgIpc) is 2.31. The van der Waals surface area contributed by atoms with Gasteiger partial charge in [0.15, 0.2) is 0 Å². The minimum Gasteiger partial charge on any atom is -0.320 e. The second-order valence-electron chi connectivity index (χ2n) is 4.96. The molecule has 2 aromatic carbocycles. The van der Waals surface area contributed by atoms with Crippen molar-refractivity contribution in [2.75, 3.05) is 0 Å². The SMILES string of the molecule is Cc1cc(C)c(C(N)c2ccc(F)c(Cl)c2)c(C)c1. The highest BCUT2D eigenvalue weighted by Gasteiger charge is 2.15. The van der Waals surface area contributed by atoms with E-state index in [-0.39, 0.29) is 11.1 Å². The standard InChI is InChI=1S/C16H17ClFN/c1-9-6-10(2)15(11(3)7-9)16(19)12-4-5-14(18)13(17)8-12/h4-8,16H,19H2,1-3H3. The fourth-order valence-electron chi connectivity index (χ4n) is 2.55. The van der Waals surface area contributed by atoms with Gasteiger partial charge < -0.3 is 5.73 Å². The maximum Gasteiger partial charge on any atom is 0.141 e. The lowest BCUT2D eigenvalue weighted by Gasteiger charge is -2.19. The van der Waals surface area contributed by atoms with Gasteiger partial charge in [0, 0.05) is 0 Å². The Morgan fingerprint density at radius 1 is 1.05 bits per heavy atom. The first-order valence-corrected chi connectivity index (χ1v) is 6.56. The van der Waals surface area contributed by atoms with Gasteiger partial charge >= 0.3 is 0 Å². The number of halogens is 2. The van der Waals surface area contributed by atoms with E-state index in [2.05, 4.69) is 19.1 Å². The van der Waals surface area contributed by atoms with Gasteiger partial charge in [0.2, 0.25) is 0 Å². The summed E-state index contributed by atoms with van der Waals surface area (Å²) in [7, 11) is 0. The minimum atomic E-state index is -0.421. The lowest BCUT2D eigenvalue weighted by Crippen LogP contribution is -2.15. The van der Waals surface area contributed by atoms with E-state index in [1.54, 1.807) is 12.1 Å². The largest absolute Gasteiger partial charge is 0.320 e. The maximum atomic E-state index is 13.2. The number of hydrogen-bond donors (Lipinski definition) is 1. The number of rotatable bonds is 2. The van der Waals surface area contributed by atoms with Crippen LogP contribution in [0, 0.1) is 26.6 Å². The zero-order valence-electron chi connectivity index (χ0n) is 11.3. The van der Waals surface area contributed by atoms with Gasteiger partial charge in [-0.2, -0.15) is 0 Å². The van der Waals surface area contributed by atoms with Crippen LogP contribution in [0.5, 0.6) is 0 Å². The van der Waals surface area contributed by atoms with Crippen molar-refractivity contribution in [1.82, 2.24) is 0 Å². The summed E-state index contributed by atoms with van der Waals surface area (Å²) in [5.41, 5.74) is 11.7. The number of hydrogen-bond acceptors (Lipinski definition) is 1. The summed E-state index contributed by atoms with van der Waals surface area (Å²) in [5.74, 6) is -0.421. The molecule has 3 heteroatoms. The second-order valence-corrected chi connectivity index (χ2v) is 5.37.